The zero-order chi connectivity index (χ0) is 25.8. The van der Waals surface area contributed by atoms with Crippen LogP contribution in [0.2, 0.25) is 0 Å². The molecule has 2 atom stereocenters. The van der Waals surface area contributed by atoms with Crippen LogP contribution in [0.5, 0.6) is 11.5 Å². The molecule has 1 saturated heterocycles. The Balaban J connectivity index is 1.35. The topological polar surface area (TPSA) is 110 Å². The predicted octanol–water partition coefficient (Wildman–Crippen LogP) is 2.87. The van der Waals surface area contributed by atoms with Crippen molar-refractivity contribution in [1.29, 1.82) is 5.26 Å². The van der Waals surface area contributed by atoms with Crippen molar-refractivity contribution in [3.8, 4) is 17.6 Å². The number of nitrogens with zero attached hydrogens (tertiary/aromatic N) is 5. The predicted molar refractivity (Wildman–Crippen MR) is 135 cm³/mol. The van der Waals surface area contributed by atoms with Gasteiger partial charge in [0.05, 0.1) is 23.7 Å². The van der Waals surface area contributed by atoms with Crippen molar-refractivity contribution in [3.63, 3.8) is 0 Å². The van der Waals surface area contributed by atoms with Crippen LogP contribution < -0.4 is 14.4 Å². The highest BCUT2D eigenvalue weighted by molar-refractivity contribution is 5.85. The molecule has 0 spiro atoms. The van der Waals surface area contributed by atoms with Crippen LogP contribution in [-0.2, 0) is 20.8 Å². The first-order valence-electron chi connectivity index (χ1n) is 12.3. The minimum absolute atomic E-state index is 0.242. The molecule has 2 aliphatic heterocycles. The number of piperazine rings is 1. The van der Waals surface area contributed by atoms with Crippen molar-refractivity contribution in [2.45, 2.75) is 25.5 Å². The molecule has 10 heteroatoms. The number of carbonyl (C=O) groups excluding carboxylic acids is 1. The van der Waals surface area contributed by atoms with E-state index < -0.39 is 18.0 Å². The highest BCUT2D eigenvalue weighted by Gasteiger charge is 2.32. The summed E-state index contributed by atoms with van der Waals surface area (Å²) in [5.74, 6) is 0.251. The van der Waals surface area contributed by atoms with Gasteiger partial charge in [-0.1, -0.05) is 18.2 Å². The van der Waals surface area contributed by atoms with E-state index in [0.29, 0.717) is 35.6 Å². The summed E-state index contributed by atoms with van der Waals surface area (Å²) < 4.78 is 21.4. The van der Waals surface area contributed by atoms with Crippen LogP contribution in [0.4, 0.5) is 5.82 Å². The standard InChI is InChI=1S/C27H29N5O5/c1-18(16-34-2)37-27(33)20(14-28)25-26(30-22-6-4-3-5-21(22)29-25)32-11-9-31(10-12-32)15-19-7-8-23-24(13-19)36-17-35-23/h3-8,13,18,20H,9-12,15-17H2,1-2H3/t18-,20-/m0/s1. The van der Waals surface area contributed by atoms with Gasteiger partial charge in [0.25, 0.3) is 0 Å². The molecule has 2 aromatic carbocycles. The van der Waals surface area contributed by atoms with E-state index in [1.807, 2.05) is 36.4 Å². The molecule has 0 bridgehead atoms. The van der Waals surface area contributed by atoms with Gasteiger partial charge >= 0.3 is 5.97 Å². The maximum absolute atomic E-state index is 13.0. The zero-order valence-electron chi connectivity index (χ0n) is 20.9. The van der Waals surface area contributed by atoms with Crippen LogP contribution >= 0.6 is 0 Å². The number of fused-ring (bicyclic) bond motifs is 2. The average molecular weight is 504 g/mol. The molecular formula is C27H29N5O5. The fraction of sp³-hybridized carbons (Fsp3) is 0.407. The first-order valence-corrected chi connectivity index (χ1v) is 12.3. The van der Waals surface area contributed by atoms with Gasteiger partial charge in [-0.2, -0.15) is 5.26 Å². The lowest BCUT2D eigenvalue weighted by Crippen LogP contribution is -2.46. The number of hydrogen-bond acceptors (Lipinski definition) is 10. The van der Waals surface area contributed by atoms with Gasteiger partial charge in [0.2, 0.25) is 6.79 Å². The van der Waals surface area contributed by atoms with Crippen molar-refractivity contribution >= 4 is 22.8 Å². The maximum atomic E-state index is 13.0. The molecule has 5 rings (SSSR count). The fourth-order valence-corrected chi connectivity index (χ4v) is 4.61. The number of nitriles is 1. The minimum atomic E-state index is -1.20. The van der Waals surface area contributed by atoms with Gasteiger partial charge in [-0.3, -0.25) is 9.69 Å². The maximum Gasteiger partial charge on any atom is 0.330 e. The Morgan fingerprint density at radius 2 is 1.81 bits per heavy atom. The first kappa shape index (κ1) is 24.7. The molecule has 0 saturated carbocycles. The zero-order valence-corrected chi connectivity index (χ0v) is 20.9. The van der Waals surface area contributed by atoms with Crippen molar-refractivity contribution in [2.24, 2.45) is 0 Å². The fourth-order valence-electron chi connectivity index (χ4n) is 4.61. The lowest BCUT2D eigenvalue weighted by molar-refractivity contribution is -0.150. The molecule has 3 aromatic rings. The van der Waals surface area contributed by atoms with Crippen molar-refractivity contribution < 1.29 is 23.7 Å². The molecule has 0 amide bonds. The van der Waals surface area contributed by atoms with Gasteiger partial charge < -0.3 is 23.8 Å². The molecule has 1 fully saturated rings. The van der Waals surface area contributed by atoms with Crippen LogP contribution in [0, 0.1) is 11.3 Å². The Labute approximate surface area is 215 Å². The third-order valence-corrected chi connectivity index (χ3v) is 6.45. The molecule has 37 heavy (non-hydrogen) atoms. The van der Waals surface area contributed by atoms with Gasteiger partial charge in [0.15, 0.2) is 23.2 Å². The number of para-hydroxylation sites is 2. The van der Waals surface area contributed by atoms with E-state index in [4.69, 9.17) is 28.9 Å². The molecule has 0 radical (unpaired) electrons. The Morgan fingerprint density at radius 3 is 2.54 bits per heavy atom. The number of esters is 1. The van der Waals surface area contributed by atoms with Crippen molar-refractivity contribution in [1.82, 2.24) is 14.9 Å². The molecule has 0 unspecified atom stereocenters. The van der Waals surface area contributed by atoms with Crippen molar-refractivity contribution in [3.05, 3.63) is 53.7 Å². The third kappa shape index (κ3) is 5.43. The number of benzene rings is 2. The number of hydrogen-bond donors (Lipinski definition) is 0. The van der Waals surface area contributed by atoms with Crippen LogP contribution in [0.3, 0.4) is 0 Å². The van der Waals surface area contributed by atoms with Crippen LogP contribution in [0.25, 0.3) is 11.0 Å². The van der Waals surface area contributed by atoms with E-state index in [1.54, 1.807) is 6.92 Å². The number of aromatic nitrogens is 2. The van der Waals surface area contributed by atoms with E-state index in [2.05, 4.69) is 21.9 Å². The van der Waals surface area contributed by atoms with Crippen LogP contribution in [-0.4, -0.2) is 73.6 Å². The molecule has 2 aliphatic rings. The molecule has 3 heterocycles. The van der Waals surface area contributed by atoms with E-state index in [-0.39, 0.29) is 13.4 Å². The highest BCUT2D eigenvalue weighted by atomic mass is 16.7. The summed E-state index contributed by atoms with van der Waals surface area (Å²) >= 11 is 0. The van der Waals surface area contributed by atoms with Crippen LogP contribution in [0.15, 0.2) is 42.5 Å². The smallest absolute Gasteiger partial charge is 0.330 e. The summed E-state index contributed by atoms with van der Waals surface area (Å²) in [6.07, 6.45) is -0.482. The summed E-state index contributed by atoms with van der Waals surface area (Å²) in [5, 5.41) is 9.96. The summed E-state index contributed by atoms with van der Waals surface area (Å²) in [7, 11) is 1.53. The second-order valence-corrected chi connectivity index (χ2v) is 9.14. The Morgan fingerprint density at radius 1 is 1.08 bits per heavy atom. The molecule has 10 nitrogen and oxygen atoms in total. The first-order chi connectivity index (χ1) is 18.1. The molecule has 0 N–H and O–H groups in total. The van der Waals surface area contributed by atoms with E-state index in [0.717, 1.165) is 36.7 Å². The monoisotopic (exact) mass is 503 g/mol. The largest absolute Gasteiger partial charge is 0.459 e. The lowest BCUT2D eigenvalue weighted by Gasteiger charge is -2.36. The summed E-state index contributed by atoms with van der Waals surface area (Å²) in [4.78, 5) is 27.0. The van der Waals surface area contributed by atoms with Crippen LogP contribution in [0.1, 0.15) is 24.1 Å². The Bertz CT molecular complexity index is 1320. The Hall–Kier alpha value is -3.94. The molecule has 192 valence electrons. The van der Waals surface area contributed by atoms with Crippen molar-refractivity contribution in [2.75, 3.05) is 51.6 Å². The SMILES string of the molecule is COC[C@H](C)OC(=O)[C@@H](C#N)c1nc2ccccc2nc1N1CCN(Cc2ccc3c(c2)OCO3)CC1. The van der Waals surface area contributed by atoms with Gasteiger partial charge in [0.1, 0.15) is 11.8 Å². The Kier molecular flexibility index (Phi) is 7.35. The second kappa shape index (κ2) is 11.0. The quantitative estimate of drug-likeness (QED) is 0.426. The number of methoxy groups -OCH3 is 1. The van der Waals surface area contributed by atoms with Gasteiger partial charge in [0, 0.05) is 39.8 Å². The number of ether oxygens (including phenoxy) is 4. The highest BCUT2D eigenvalue weighted by Crippen LogP contribution is 2.33. The van der Waals surface area contributed by atoms with Gasteiger partial charge in [-0.05, 0) is 36.8 Å². The number of carbonyl (C=O) groups is 1. The summed E-state index contributed by atoms with van der Waals surface area (Å²) in [6.45, 7) is 5.94. The number of anilines is 1. The summed E-state index contributed by atoms with van der Waals surface area (Å²) in [5.41, 5.74) is 2.81. The molecule has 0 aliphatic carbocycles. The van der Waals surface area contributed by atoms with Gasteiger partial charge in [-0.25, -0.2) is 9.97 Å². The number of rotatable bonds is 8. The molecule has 1 aromatic heterocycles. The van der Waals surface area contributed by atoms with E-state index in [9.17, 15) is 10.1 Å². The minimum Gasteiger partial charge on any atom is -0.459 e. The molecular weight excluding hydrogens is 474 g/mol. The van der Waals surface area contributed by atoms with Gasteiger partial charge in [-0.15, -0.1) is 0 Å². The van der Waals surface area contributed by atoms with E-state index in [1.165, 1.54) is 7.11 Å². The normalized spacial score (nSPS) is 16.8. The van der Waals surface area contributed by atoms with E-state index >= 15 is 0 Å². The summed E-state index contributed by atoms with van der Waals surface area (Å²) in [6, 6.07) is 15.6. The third-order valence-electron chi connectivity index (χ3n) is 6.45. The average Bonchev–Trinajstić information content (AvgIpc) is 3.37. The lowest BCUT2D eigenvalue weighted by atomic mass is 10.1. The second-order valence-electron chi connectivity index (χ2n) is 9.14.